The van der Waals surface area contributed by atoms with Crippen molar-refractivity contribution in [3.8, 4) is 0 Å². The molecule has 7 heteroatoms. The second-order valence-corrected chi connectivity index (χ2v) is 2.80. The highest BCUT2D eigenvalue weighted by atomic mass is 19.4. The summed E-state index contributed by atoms with van der Waals surface area (Å²) in [5.74, 6) is 0.310. The molecule has 0 aromatic carbocycles. The summed E-state index contributed by atoms with van der Waals surface area (Å²) in [6, 6.07) is 1.22. The third-order valence-corrected chi connectivity index (χ3v) is 1.47. The maximum atomic E-state index is 11.6. The minimum atomic E-state index is -4.32. The van der Waals surface area contributed by atoms with Gasteiger partial charge in [0.05, 0.1) is 6.61 Å². The predicted molar refractivity (Wildman–Crippen MR) is 45.4 cm³/mol. The van der Waals surface area contributed by atoms with Crippen molar-refractivity contribution in [3.63, 3.8) is 0 Å². The van der Waals surface area contributed by atoms with Crippen molar-refractivity contribution < 1.29 is 17.9 Å². The Labute approximate surface area is 83.1 Å². The molecule has 0 saturated heterocycles. The molecule has 0 unspecified atom stereocenters. The van der Waals surface area contributed by atoms with Gasteiger partial charge in [-0.1, -0.05) is 0 Å². The van der Waals surface area contributed by atoms with Crippen LogP contribution in [0.2, 0.25) is 0 Å². The zero-order chi connectivity index (χ0) is 11.3. The summed E-state index contributed by atoms with van der Waals surface area (Å²) in [5, 5.41) is 0. The monoisotopic (exact) mass is 222 g/mol. The molecule has 1 N–H and O–H groups in total. The number of aromatic amines is 1. The molecule has 1 rings (SSSR count). The molecule has 4 nitrogen and oxygen atoms in total. The molecule has 0 radical (unpaired) electrons. The van der Waals surface area contributed by atoms with E-state index < -0.39 is 12.8 Å². The van der Waals surface area contributed by atoms with Gasteiger partial charge in [0.2, 0.25) is 0 Å². The molecule has 0 atom stereocenters. The number of nitrogens with zero attached hydrogens (tertiary/aromatic N) is 1. The highest BCUT2D eigenvalue weighted by molar-refractivity contribution is 4.89. The second-order valence-electron chi connectivity index (χ2n) is 2.80. The Morgan fingerprint density at radius 2 is 2.20 bits per heavy atom. The Balaban J connectivity index is 2.29. The van der Waals surface area contributed by atoms with Crippen LogP contribution in [-0.2, 0) is 11.2 Å². The SMILES string of the molecule is O=c1ccnc(CCOCC(F)(F)F)[nH]1. The molecule has 1 heterocycles. The normalized spacial score (nSPS) is 11.7. The quantitative estimate of drug-likeness (QED) is 0.770. The van der Waals surface area contributed by atoms with E-state index in [0.29, 0.717) is 5.82 Å². The molecule has 84 valence electrons. The molecule has 0 saturated carbocycles. The van der Waals surface area contributed by atoms with Crippen LogP contribution in [0.5, 0.6) is 0 Å². The summed E-state index contributed by atoms with van der Waals surface area (Å²) in [6.45, 7) is -1.42. The summed E-state index contributed by atoms with van der Waals surface area (Å²) < 4.78 is 39.3. The van der Waals surface area contributed by atoms with Crippen molar-refractivity contribution in [3.05, 3.63) is 28.4 Å². The van der Waals surface area contributed by atoms with Gasteiger partial charge in [-0.3, -0.25) is 4.79 Å². The number of hydrogen-bond donors (Lipinski definition) is 1. The van der Waals surface area contributed by atoms with Crippen LogP contribution in [-0.4, -0.2) is 29.4 Å². The van der Waals surface area contributed by atoms with E-state index >= 15 is 0 Å². The van der Waals surface area contributed by atoms with Crippen LogP contribution in [0.25, 0.3) is 0 Å². The Hall–Kier alpha value is -1.37. The number of halogens is 3. The molecule has 1 aromatic heterocycles. The van der Waals surface area contributed by atoms with E-state index in [1.165, 1.54) is 12.3 Å². The smallest absolute Gasteiger partial charge is 0.372 e. The molecule has 0 spiro atoms. The summed E-state index contributed by atoms with van der Waals surface area (Å²) in [4.78, 5) is 16.9. The number of alkyl halides is 3. The van der Waals surface area contributed by atoms with E-state index in [4.69, 9.17) is 0 Å². The van der Waals surface area contributed by atoms with E-state index in [1.807, 2.05) is 0 Å². The Morgan fingerprint density at radius 1 is 1.47 bits per heavy atom. The van der Waals surface area contributed by atoms with E-state index in [-0.39, 0.29) is 18.6 Å². The van der Waals surface area contributed by atoms with Crippen LogP contribution in [0.3, 0.4) is 0 Å². The van der Waals surface area contributed by atoms with Gasteiger partial charge >= 0.3 is 6.18 Å². The molecule has 0 aliphatic carbocycles. The van der Waals surface area contributed by atoms with Crippen LogP contribution in [0.4, 0.5) is 13.2 Å². The highest BCUT2D eigenvalue weighted by Gasteiger charge is 2.27. The first kappa shape index (κ1) is 11.7. The van der Waals surface area contributed by atoms with Crippen molar-refractivity contribution in [2.45, 2.75) is 12.6 Å². The average molecular weight is 222 g/mol. The molecule has 0 aliphatic heterocycles. The minimum Gasteiger partial charge on any atom is -0.372 e. The first-order chi connectivity index (χ1) is 6.97. The van der Waals surface area contributed by atoms with E-state index in [1.54, 1.807) is 0 Å². The highest BCUT2D eigenvalue weighted by Crippen LogP contribution is 2.14. The fourth-order valence-corrected chi connectivity index (χ4v) is 0.895. The number of aromatic nitrogens is 2. The van der Waals surface area contributed by atoms with Gasteiger partial charge in [0, 0.05) is 18.7 Å². The van der Waals surface area contributed by atoms with Gasteiger partial charge in [-0.25, -0.2) is 4.98 Å². The Morgan fingerprint density at radius 3 is 2.80 bits per heavy atom. The second kappa shape index (κ2) is 4.92. The third-order valence-electron chi connectivity index (χ3n) is 1.47. The average Bonchev–Trinajstić information content (AvgIpc) is 2.11. The van der Waals surface area contributed by atoms with Crippen molar-refractivity contribution >= 4 is 0 Å². The van der Waals surface area contributed by atoms with Crippen LogP contribution in [0.1, 0.15) is 5.82 Å². The lowest BCUT2D eigenvalue weighted by molar-refractivity contribution is -0.173. The molecule has 15 heavy (non-hydrogen) atoms. The van der Waals surface area contributed by atoms with Crippen molar-refractivity contribution in [1.82, 2.24) is 9.97 Å². The predicted octanol–water partition coefficient (Wildman–Crippen LogP) is 0.891. The lowest BCUT2D eigenvalue weighted by atomic mass is 10.4. The molecular formula is C8H9F3N2O2. The number of rotatable bonds is 4. The lowest BCUT2D eigenvalue weighted by Crippen LogP contribution is -2.19. The summed E-state index contributed by atoms with van der Waals surface area (Å²) in [6.07, 6.45) is -2.89. The summed E-state index contributed by atoms with van der Waals surface area (Å²) >= 11 is 0. The van der Waals surface area contributed by atoms with Gasteiger partial charge in [-0.15, -0.1) is 0 Å². The van der Waals surface area contributed by atoms with Crippen LogP contribution in [0.15, 0.2) is 17.1 Å². The first-order valence-electron chi connectivity index (χ1n) is 4.16. The number of ether oxygens (including phenoxy) is 1. The maximum Gasteiger partial charge on any atom is 0.411 e. The van der Waals surface area contributed by atoms with Gasteiger partial charge in [0.1, 0.15) is 12.4 Å². The molecular weight excluding hydrogens is 213 g/mol. The standard InChI is InChI=1S/C8H9F3N2O2/c9-8(10,11)5-15-4-2-6-12-3-1-7(14)13-6/h1,3H,2,4-5H2,(H,12,13,14). The third kappa shape index (κ3) is 5.16. The minimum absolute atomic E-state index is 0.132. The van der Waals surface area contributed by atoms with E-state index in [9.17, 15) is 18.0 Å². The maximum absolute atomic E-state index is 11.6. The topological polar surface area (TPSA) is 55.0 Å². The largest absolute Gasteiger partial charge is 0.411 e. The number of H-pyrrole nitrogens is 1. The fraction of sp³-hybridized carbons (Fsp3) is 0.500. The van der Waals surface area contributed by atoms with Gasteiger partial charge < -0.3 is 9.72 Å². The van der Waals surface area contributed by atoms with Crippen LogP contribution >= 0.6 is 0 Å². The molecule has 1 aromatic rings. The van der Waals surface area contributed by atoms with E-state index in [0.717, 1.165) is 0 Å². The number of nitrogens with one attached hydrogen (secondary N) is 1. The molecule has 0 aliphatic rings. The van der Waals surface area contributed by atoms with Crippen molar-refractivity contribution in [1.29, 1.82) is 0 Å². The lowest BCUT2D eigenvalue weighted by Gasteiger charge is -2.06. The molecule has 0 bridgehead atoms. The molecule has 0 amide bonds. The van der Waals surface area contributed by atoms with Gasteiger partial charge in [-0.2, -0.15) is 13.2 Å². The first-order valence-corrected chi connectivity index (χ1v) is 4.16. The number of hydrogen-bond acceptors (Lipinski definition) is 3. The Bertz CT molecular complexity index is 361. The van der Waals surface area contributed by atoms with Crippen molar-refractivity contribution in [2.75, 3.05) is 13.2 Å². The van der Waals surface area contributed by atoms with E-state index in [2.05, 4.69) is 14.7 Å². The zero-order valence-electron chi connectivity index (χ0n) is 7.67. The van der Waals surface area contributed by atoms with Crippen LogP contribution < -0.4 is 5.56 Å². The molecule has 0 fully saturated rings. The van der Waals surface area contributed by atoms with Crippen LogP contribution in [0, 0.1) is 0 Å². The van der Waals surface area contributed by atoms with Crippen molar-refractivity contribution in [2.24, 2.45) is 0 Å². The zero-order valence-corrected chi connectivity index (χ0v) is 7.67. The summed E-state index contributed by atoms with van der Waals surface area (Å²) in [5.41, 5.74) is -0.337. The van der Waals surface area contributed by atoms with Gasteiger partial charge in [0.25, 0.3) is 5.56 Å². The Kier molecular flexibility index (Phi) is 3.84. The van der Waals surface area contributed by atoms with Gasteiger partial charge in [-0.05, 0) is 0 Å². The summed E-state index contributed by atoms with van der Waals surface area (Å²) in [7, 11) is 0. The fourth-order valence-electron chi connectivity index (χ4n) is 0.895. The van der Waals surface area contributed by atoms with Gasteiger partial charge in [0.15, 0.2) is 0 Å².